The van der Waals surface area contributed by atoms with Crippen molar-refractivity contribution in [1.82, 2.24) is 9.97 Å². The fraction of sp³-hybridized carbons (Fsp3) is 0.333. The van der Waals surface area contributed by atoms with Gasteiger partial charge in [0.25, 0.3) is 0 Å². The predicted molar refractivity (Wildman–Crippen MR) is 88.4 cm³/mol. The first-order valence-electron chi connectivity index (χ1n) is 7.06. The molecule has 1 heterocycles. The van der Waals surface area contributed by atoms with E-state index in [0.29, 0.717) is 17.3 Å². The van der Waals surface area contributed by atoms with Gasteiger partial charge in [-0.05, 0) is 32.0 Å². The largest absolute Gasteiger partial charge is 0.347 e. The molecular weight excluding hydrogens is 338 g/mol. The summed E-state index contributed by atoms with van der Waals surface area (Å²) >= 11 is 0. The highest BCUT2D eigenvalue weighted by Crippen LogP contribution is 2.22. The summed E-state index contributed by atoms with van der Waals surface area (Å²) in [4.78, 5) is 10.1. The molecule has 2 rings (SSSR count). The van der Waals surface area contributed by atoms with Gasteiger partial charge >= 0.3 is 0 Å². The number of aryl methyl sites for hydroxylation is 2. The molecule has 2 aromatic rings. The van der Waals surface area contributed by atoms with Crippen molar-refractivity contribution in [3.8, 4) is 0 Å². The number of benzene rings is 1. The van der Waals surface area contributed by atoms with E-state index in [1.807, 2.05) is 0 Å². The molecule has 0 saturated heterocycles. The van der Waals surface area contributed by atoms with Gasteiger partial charge in [0.15, 0.2) is 0 Å². The second kappa shape index (κ2) is 6.68. The van der Waals surface area contributed by atoms with Gasteiger partial charge in [-0.3, -0.25) is 4.72 Å². The third-order valence-corrected chi connectivity index (χ3v) is 4.48. The number of hydrogen-bond acceptors (Lipinski definition) is 5. The van der Waals surface area contributed by atoms with E-state index < -0.39 is 27.4 Å². The van der Waals surface area contributed by atoms with Gasteiger partial charge in [-0.25, -0.2) is 27.2 Å². The van der Waals surface area contributed by atoms with Gasteiger partial charge in [0.1, 0.15) is 11.6 Å². The molecule has 0 aliphatic heterocycles. The fourth-order valence-corrected chi connectivity index (χ4v) is 3.41. The lowest BCUT2D eigenvalue weighted by molar-refractivity contribution is 0.581. The highest BCUT2D eigenvalue weighted by molar-refractivity contribution is 7.91. The zero-order chi connectivity index (χ0) is 18.1. The second-order valence-electron chi connectivity index (χ2n) is 5.56. The minimum absolute atomic E-state index is 0.234. The number of nitrogens with zero attached hydrogens (tertiary/aromatic N) is 3. The zero-order valence-electron chi connectivity index (χ0n) is 13.8. The molecule has 1 N–H and O–H groups in total. The quantitative estimate of drug-likeness (QED) is 0.890. The lowest BCUT2D eigenvalue weighted by Gasteiger charge is -2.16. The molecule has 9 heteroatoms. The predicted octanol–water partition coefficient (Wildman–Crippen LogP) is 2.38. The van der Waals surface area contributed by atoms with Crippen molar-refractivity contribution in [3.63, 3.8) is 0 Å². The third-order valence-electron chi connectivity index (χ3n) is 3.27. The summed E-state index contributed by atoms with van der Waals surface area (Å²) < 4.78 is 53.8. The maximum absolute atomic E-state index is 13.6. The molecule has 0 amide bonds. The zero-order valence-corrected chi connectivity index (χ0v) is 14.6. The molecule has 0 unspecified atom stereocenters. The molecule has 0 saturated carbocycles. The van der Waals surface area contributed by atoms with Gasteiger partial charge in [-0.15, -0.1) is 0 Å². The second-order valence-corrected chi connectivity index (χ2v) is 7.28. The Morgan fingerprint density at radius 3 is 2.25 bits per heavy atom. The van der Waals surface area contributed by atoms with Gasteiger partial charge in [-0.2, -0.15) is 0 Å². The van der Waals surface area contributed by atoms with Crippen LogP contribution in [0.3, 0.4) is 0 Å². The number of hydrogen-bond donors (Lipinski definition) is 1. The first-order valence-corrected chi connectivity index (χ1v) is 8.71. The average molecular weight is 356 g/mol. The lowest BCUT2D eigenvalue weighted by atomic mass is 10.2. The molecule has 0 aliphatic rings. The van der Waals surface area contributed by atoms with Crippen LogP contribution >= 0.6 is 0 Å². The van der Waals surface area contributed by atoms with Crippen LogP contribution < -0.4 is 9.62 Å². The fourth-order valence-electron chi connectivity index (χ4n) is 2.10. The Kier molecular flexibility index (Phi) is 5.02. The van der Waals surface area contributed by atoms with E-state index >= 15 is 0 Å². The van der Waals surface area contributed by atoms with E-state index in [-0.39, 0.29) is 11.3 Å². The van der Waals surface area contributed by atoms with Crippen LogP contribution in [0.25, 0.3) is 0 Å². The summed E-state index contributed by atoms with van der Waals surface area (Å²) in [5.74, 6) is -1.73. The first kappa shape index (κ1) is 18.1. The summed E-state index contributed by atoms with van der Waals surface area (Å²) in [6.07, 6.45) is 0. The number of halogens is 2. The van der Waals surface area contributed by atoms with Crippen molar-refractivity contribution in [2.75, 3.05) is 23.7 Å². The molecule has 0 aliphatic carbocycles. The highest BCUT2D eigenvalue weighted by atomic mass is 32.2. The van der Waals surface area contributed by atoms with Crippen molar-refractivity contribution < 1.29 is 17.2 Å². The van der Waals surface area contributed by atoms with Crippen molar-refractivity contribution in [1.29, 1.82) is 0 Å². The van der Waals surface area contributed by atoms with Crippen molar-refractivity contribution in [2.24, 2.45) is 0 Å². The summed E-state index contributed by atoms with van der Waals surface area (Å²) in [5.41, 5.74) is 0.866. The van der Waals surface area contributed by atoms with Gasteiger partial charge in [-0.1, -0.05) is 0 Å². The minimum Gasteiger partial charge on any atom is -0.347 e. The Morgan fingerprint density at radius 2 is 1.71 bits per heavy atom. The standard InChI is InChI=1S/C15H18F2N4O2S/c1-9-14(10(2)19-15(18-9)21(3)4)20-24(22,23)8-11-7-12(16)5-6-13(11)17/h5-7,20H,8H2,1-4H3. The molecule has 6 nitrogen and oxygen atoms in total. The van der Waals surface area contributed by atoms with Crippen LogP contribution in [0.1, 0.15) is 17.0 Å². The lowest BCUT2D eigenvalue weighted by Crippen LogP contribution is -2.20. The van der Waals surface area contributed by atoms with Gasteiger partial charge in [0.05, 0.1) is 22.8 Å². The van der Waals surface area contributed by atoms with Crippen LogP contribution in [0, 0.1) is 25.5 Å². The van der Waals surface area contributed by atoms with Crippen molar-refractivity contribution in [2.45, 2.75) is 19.6 Å². The Bertz CT molecular complexity index is 847. The number of aromatic nitrogens is 2. The Labute approximate surface area is 139 Å². The van der Waals surface area contributed by atoms with E-state index in [2.05, 4.69) is 14.7 Å². The molecule has 0 spiro atoms. The molecular formula is C15H18F2N4O2S. The van der Waals surface area contributed by atoms with Gasteiger partial charge in [0, 0.05) is 19.7 Å². The maximum atomic E-state index is 13.6. The number of nitrogens with one attached hydrogen (secondary N) is 1. The van der Waals surface area contributed by atoms with Crippen molar-refractivity contribution in [3.05, 3.63) is 46.8 Å². The van der Waals surface area contributed by atoms with Crippen LogP contribution in [-0.2, 0) is 15.8 Å². The molecule has 0 radical (unpaired) electrons. The first-order chi connectivity index (χ1) is 11.1. The molecule has 1 aromatic heterocycles. The van der Waals surface area contributed by atoms with Crippen LogP contribution in [0.2, 0.25) is 0 Å². The summed E-state index contributed by atoms with van der Waals surface area (Å²) in [6, 6.07) is 2.69. The van der Waals surface area contributed by atoms with E-state index in [1.54, 1.807) is 32.8 Å². The molecule has 130 valence electrons. The highest BCUT2D eigenvalue weighted by Gasteiger charge is 2.19. The third kappa shape index (κ3) is 4.16. The molecule has 0 fully saturated rings. The van der Waals surface area contributed by atoms with E-state index in [1.165, 1.54) is 0 Å². The van der Waals surface area contributed by atoms with Crippen LogP contribution in [0.15, 0.2) is 18.2 Å². The maximum Gasteiger partial charge on any atom is 0.237 e. The van der Waals surface area contributed by atoms with E-state index in [9.17, 15) is 17.2 Å². The Morgan fingerprint density at radius 1 is 1.12 bits per heavy atom. The monoisotopic (exact) mass is 356 g/mol. The van der Waals surface area contributed by atoms with Crippen molar-refractivity contribution >= 4 is 21.7 Å². The summed E-state index contributed by atoms with van der Waals surface area (Å²) in [6.45, 7) is 3.28. The smallest absolute Gasteiger partial charge is 0.237 e. The van der Waals surface area contributed by atoms with E-state index in [4.69, 9.17) is 0 Å². The van der Waals surface area contributed by atoms with Gasteiger partial charge in [0.2, 0.25) is 16.0 Å². The number of sulfonamides is 1. The van der Waals surface area contributed by atoms with E-state index in [0.717, 1.165) is 18.2 Å². The Balaban J connectivity index is 2.31. The number of rotatable bonds is 5. The normalized spacial score (nSPS) is 11.4. The van der Waals surface area contributed by atoms with Crippen LogP contribution in [-0.4, -0.2) is 32.5 Å². The van der Waals surface area contributed by atoms with Gasteiger partial charge < -0.3 is 4.90 Å². The molecule has 24 heavy (non-hydrogen) atoms. The van der Waals surface area contributed by atoms with Crippen LogP contribution in [0.5, 0.6) is 0 Å². The minimum atomic E-state index is -3.96. The average Bonchev–Trinajstić information content (AvgIpc) is 2.46. The Hall–Kier alpha value is -2.29. The number of anilines is 2. The molecule has 0 atom stereocenters. The molecule has 0 bridgehead atoms. The topological polar surface area (TPSA) is 75.2 Å². The summed E-state index contributed by atoms with van der Waals surface area (Å²) in [5, 5.41) is 0. The van der Waals surface area contributed by atoms with Crippen LogP contribution in [0.4, 0.5) is 20.4 Å². The molecule has 1 aromatic carbocycles. The summed E-state index contributed by atoms with van der Waals surface area (Å²) in [7, 11) is -0.418. The SMILES string of the molecule is Cc1nc(N(C)C)nc(C)c1NS(=O)(=O)Cc1cc(F)ccc1F.